The minimum atomic E-state index is -0.350. The van der Waals surface area contributed by atoms with Gasteiger partial charge in [0.05, 0.1) is 24.0 Å². The largest absolute Gasteiger partial charge is 0.493 e. The molecule has 0 saturated heterocycles. The van der Waals surface area contributed by atoms with Gasteiger partial charge in [0.25, 0.3) is 5.56 Å². The summed E-state index contributed by atoms with van der Waals surface area (Å²) in [4.78, 5) is 31.6. The Labute approximate surface area is 193 Å². The van der Waals surface area contributed by atoms with Crippen molar-refractivity contribution in [1.29, 1.82) is 5.41 Å². The van der Waals surface area contributed by atoms with Crippen LogP contribution in [-0.4, -0.2) is 41.3 Å². The average molecular weight is 456 g/mol. The Morgan fingerprint density at radius 3 is 2.61 bits per heavy atom. The first kappa shape index (κ1) is 24.3. The molecule has 1 fully saturated rings. The van der Waals surface area contributed by atoms with Gasteiger partial charge >= 0.3 is 0 Å². The van der Waals surface area contributed by atoms with Crippen LogP contribution in [0.25, 0.3) is 11.4 Å². The van der Waals surface area contributed by atoms with E-state index in [0.29, 0.717) is 60.2 Å². The molecule has 0 spiro atoms. The summed E-state index contributed by atoms with van der Waals surface area (Å²) in [5.74, 6) is 1.18. The molecule has 1 saturated carbocycles. The van der Waals surface area contributed by atoms with Crippen molar-refractivity contribution in [3.05, 3.63) is 34.2 Å². The standard InChI is InChI=1S/C24H33N5O4/c1-4-6-18(25)20-21(27-3)24(31)29-23(28-20)17-13-16(11-12-19(17)32-5-2)33-15-9-7-14(8-10-15)22(26)30/h11-15,25,27H,4-10H2,1-3H3,(H2,26,30)(H,28,29,31). The number of amides is 1. The molecule has 9 nitrogen and oxygen atoms in total. The molecule has 1 aromatic heterocycles. The topological polar surface area (TPSA) is 143 Å². The minimum absolute atomic E-state index is 0.0154. The first-order valence-corrected chi connectivity index (χ1v) is 11.5. The van der Waals surface area contributed by atoms with Crippen LogP contribution in [0.5, 0.6) is 11.5 Å². The van der Waals surface area contributed by atoms with Gasteiger partial charge in [0, 0.05) is 13.0 Å². The van der Waals surface area contributed by atoms with Gasteiger partial charge in [0.15, 0.2) is 0 Å². The minimum Gasteiger partial charge on any atom is -0.493 e. The molecular formula is C24H33N5O4. The summed E-state index contributed by atoms with van der Waals surface area (Å²) in [6.45, 7) is 4.31. The summed E-state index contributed by atoms with van der Waals surface area (Å²) in [7, 11) is 1.64. The van der Waals surface area contributed by atoms with Crippen LogP contribution in [0.2, 0.25) is 0 Å². The lowest BCUT2D eigenvalue weighted by molar-refractivity contribution is -0.123. The van der Waals surface area contributed by atoms with Crippen molar-refractivity contribution < 1.29 is 14.3 Å². The van der Waals surface area contributed by atoms with Crippen LogP contribution in [0.4, 0.5) is 5.69 Å². The molecule has 0 unspecified atom stereocenters. The van der Waals surface area contributed by atoms with E-state index >= 15 is 0 Å². The Hall–Kier alpha value is -3.36. The van der Waals surface area contributed by atoms with Gasteiger partial charge in [-0.25, -0.2) is 4.98 Å². The smallest absolute Gasteiger partial charge is 0.275 e. The second-order valence-electron chi connectivity index (χ2n) is 8.20. The number of anilines is 1. The summed E-state index contributed by atoms with van der Waals surface area (Å²) < 4.78 is 12.0. The Morgan fingerprint density at radius 1 is 1.27 bits per heavy atom. The number of H-pyrrole nitrogens is 1. The number of aromatic nitrogens is 2. The van der Waals surface area contributed by atoms with Crippen LogP contribution in [0.1, 0.15) is 58.1 Å². The van der Waals surface area contributed by atoms with Gasteiger partial charge in [0.2, 0.25) is 5.91 Å². The zero-order chi connectivity index (χ0) is 24.0. The molecule has 0 radical (unpaired) electrons. The normalized spacial score (nSPS) is 17.9. The molecule has 33 heavy (non-hydrogen) atoms. The molecule has 1 aliphatic rings. The second kappa shape index (κ2) is 11.0. The molecule has 1 heterocycles. The monoisotopic (exact) mass is 455 g/mol. The maximum atomic E-state index is 12.8. The molecule has 0 bridgehead atoms. The van der Waals surface area contributed by atoms with Crippen molar-refractivity contribution in [2.45, 2.75) is 58.5 Å². The van der Waals surface area contributed by atoms with Gasteiger partial charge in [-0.3, -0.25) is 9.59 Å². The van der Waals surface area contributed by atoms with E-state index in [2.05, 4.69) is 15.3 Å². The van der Waals surface area contributed by atoms with Gasteiger partial charge in [0.1, 0.15) is 28.7 Å². The Kier molecular flexibility index (Phi) is 8.08. The summed E-state index contributed by atoms with van der Waals surface area (Å²) in [6, 6.07) is 5.43. The molecule has 1 aromatic carbocycles. The molecule has 9 heteroatoms. The third-order valence-electron chi connectivity index (χ3n) is 5.84. The van der Waals surface area contributed by atoms with Gasteiger partial charge in [-0.1, -0.05) is 13.3 Å². The number of rotatable bonds is 10. The number of ether oxygens (including phenoxy) is 2. The van der Waals surface area contributed by atoms with Crippen LogP contribution in [-0.2, 0) is 4.79 Å². The van der Waals surface area contributed by atoms with E-state index in [4.69, 9.17) is 20.6 Å². The number of carbonyl (C=O) groups excluding carboxylic acids is 1. The molecule has 178 valence electrons. The van der Waals surface area contributed by atoms with Gasteiger partial charge in [-0.05, 0) is 57.2 Å². The molecule has 0 atom stereocenters. The van der Waals surface area contributed by atoms with Crippen LogP contribution in [0.15, 0.2) is 23.0 Å². The predicted molar refractivity (Wildman–Crippen MR) is 128 cm³/mol. The Balaban J connectivity index is 1.95. The lowest BCUT2D eigenvalue weighted by Gasteiger charge is -2.27. The third-order valence-corrected chi connectivity index (χ3v) is 5.84. The summed E-state index contributed by atoms with van der Waals surface area (Å²) in [6.07, 6.45) is 4.21. The second-order valence-corrected chi connectivity index (χ2v) is 8.20. The Bertz CT molecular complexity index is 1060. The lowest BCUT2D eigenvalue weighted by Crippen LogP contribution is -2.31. The van der Waals surface area contributed by atoms with E-state index in [1.807, 2.05) is 19.9 Å². The SMILES string of the molecule is CCCC(=N)c1nc(-c2cc(OC3CCC(C(N)=O)CC3)ccc2OCC)[nH]c(=O)c1NC. The fraction of sp³-hybridized carbons (Fsp3) is 0.500. The maximum absolute atomic E-state index is 12.8. The highest BCUT2D eigenvalue weighted by Crippen LogP contribution is 2.34. The fourth-order valence-electron chi connectivity index (χ4n) is 4.13. The summed E-state index contributed by atoms with van der Waals surface area (Å²) >= 11 is 0. The molecule has 5 N–H and O–H groups in total. The van der Waals surface area contributed by atoms with Crippen LogP contribution in [0, 0.1) is 11.3 Å². The fourth-order valence-corrected chi connectivity index (χ4v) is 4.13. The highest BCUT2D eigenvalue weighted by molar-refractivity contribution is 6.01. The maximum Gasteiger partial charge on any atom is 0.275 e. The Morgan fingerprint density at radius 2 is 2.00 bits per heavy atom. The van der Waals surface area contributed by atoms with E-state index in [-0.39, 0.29) is 29.2 Å². The van der Waals surface area contributed by atoms with Crippen LogP contribution in [0.3, 0.4) is 0 Å². The van der Waals surface area contributed by atoms with E-state index in [9.17, 15) is 9.59 Å². The third kappa shape index (κ3) is 5.71. The predicted octanol–water partition coefficient (Wildman–Crippen LogP) is 3.47. The van der Waals surface area contributed by atoms with E-state index in [1.54, 1.807) is 19.2 Å². The number of nitrogens with two attached hydrogens (primary N) is 1. The van der Waals surface area contributed by atoms with Crippen molar-refractivity contribution in [1.82, 2.24) is 9.97 Å². The lowest BCUT2D eigenvalue weighted by atomic mass is 9.87. The van der Waals surface area contributed by atoms with E-state index in [1.165, 1.54) is 0 Å². The number of nitrogens with one attached hydrogen (secondary N) is 3. The number of benzene rings is 1. The van der Waals surface area contributed by atoms with Crippen molar-refractivity contribution >= 4 is 17.3 Å². The summed E-state index contributed by atoms with van der Waals surface area (Å²) in [5, 5.41) is 11.2. The van der Waals surface area contributed by atoms with Crippen LogP contribution >= 0.6 is 0 Å². The molecule has 0 aliphatic heterocycles. The van der Waals surface area contributed by atoms with Crippen molar-refractivity contribution in [2.24, 2.45) is 11.7 Å². The molecule has 3 rings (SSSR count). The van der Waals surface area contributed by atoms with E-state index in [0.717, 1.165) is 19.3 Å². The highest BCUT2D eigenvalue weighted by atomic mass is 16.5. The first-order valence-electron chi connectivity index (χ1n) is 11.5. The van der Waals surface area contributed by atoms with Gasteiger partial charge < -0.3 is 30.9 Å². The number of primary amides is 1. The first-order chi connectivity index (χ1) is 15.9. The zero-order valence-corrected chi connectivity index (χ0v) is 19.5. The van der Waals surface area contributed by atoms with Crippen molar-refractivity contribution in [2.75, 3.05) is 19.0 Å². The quantitative estimate of drug-likeness (QED) is 0.404. The highest BCUT2D eigenvalue weighted by Gasteiger charge is 2.26. The number of hydrogen-bond acceptors (Lipinski definition) is 7. The molecular weight excluding hydrogens is 422 g/mol. The molecule has 1 amide bonds. The molecule has 1 aliphatic carbocycles. The number of carbonyl (C=O) groups is 1. The van der Waals surface area contributed by atoms with Gasteiger partial charge in [-0.15, -0.1) is 0 Å². The van der Waals surface area contributed by atoms with Gasteiger partial charge in [-0.2, -0.15) is 0 Å². The molecule has 2 aromatic rings. The summed E-state index contributed by atoms with van der Waals surface area (Å²) in [5.41, 5.74) is 6.57. The number of aromatic amines is 1. The van der Waals surface area contributed by atoms with Crippen molar-refractivity contribution in [3.63, 3.8) is 0 Å². The number of hydrogen-bond donors (Lipinski definition) is 4. The average Bonchev–Trinajstić information content (AvgIpc) is 2.80. The van der Waals surface area contributed by atoms with Crippen LogP contribution < -0.4 is 26.1 Å². The van der Waals surface area contributed by atoms with Crippen molar-refractivity contribution in [3.8, 4) is 22.9 Å². The zero-order valence-electron chi connectivity index (χ0n) is 19.5. The number of nitrogens with zero attached hydrogens (tertiary/aromatic N) is 1. The van der Waals surface area contributed by atoms with E-state index < -0.39 is 0 Å².